The second kappa shape index (κ2) is 4.26. The molecule has 0 aliphatic carbocycles. The number of imidazole rings is 1. The van der Waals surface area contributed by atoms with E-state index < -0.39 is 0 Å². The molecule has 0 bridgehead atoms. The SMILES string of the molecule is CCC(C)C(N)Cc1cnc[nH]1. The maximum atomic E-state index is 5.97. The minimum absolute atomic E-state index is 0.246. The average molecular weight is 167 g/mol. The van der Waals surface area contributed by atoms with Crippen molar-refractivity contribution in [1.29, 1.82) is 0 Å². The first-order chi connectivity index (χ1) is 5.74. The van der Waals surface area contributed by atoms with E-state index in [0.29, 0.717) is 5.92 Å². The fraction of sp³-hybridized carbons (Fsp3) is 0.667. The number of hydrogen-bond acceptors (Lipinski definition) is 2. The highest BCUT2D eigenvalue weighted by Crippen LogP contribution is 2.09. The molecule has 0 aliphatic rings. The summed E-state index contributed by atoms with van der Waals surface area (Å²) in [5, 5.41) is 0. The Morgan fingerprint density at radius 2 is 2.42 bits per heavy atom. The Labute approximate surface area is 73.4 Å². The van der Waals surface area contributed by atoms with Gasteiger partial charge in [0.2, 0.25) is 0 Å². The average Bonchev–Trinajstić information content (AvgIpc) is 2.55. The van der Waals surface area contributed by atoms with Crippen LogP contribution in [0.15, 0.2) is 12.5 Å². The zero-order valence-corrected chi connectivity index (χ0v) is 7.75. The number of H-pyrrole nitrogens is 1. The lowest BCUT2D eigenvalue weighted by Crippen LogP contribution is -2.30. The molecule has 0 amide bonds. The van der Waals surface area contributed by atoms with Crippen LogP contribution in [0, 0.1) is 5.92 Å². The summed E-state index contributed by atoms with van der Waals surface area (Å²) in [6, 6.07) is 0.246. The van der Waals surface area contributed by atoms with Crippen molar-refractivity contribution in [1.82, 2.24) is 9.97 Å². The summed E-state index contributed by atoms with van der Waals surface area (Å²) >= 11 is 0. The minimum atomic E-state index is 0.246. The molecule has 2 atom stereocenters. The van der Waals surface area contributed by atoms with Crippen LogP contribution in [0.25, 0.3) is 0 Å². The van der Waals surface area contributed by atoms with Crippen molar-refractivity contribution in [2.24, 2.45) is 11.7 Å². The molecule has 0 aromatic carbocycles. The number of aromatic nitrogens is 2. The summed E-state index contributed by atoms with van der Waals surface area (Å²) in [6.07, 6.45) is 5.56. The molecule has 0 saturated carbocycles. The van der Waals surface area contributed by atoms with Gasteiger partial charge in [0, 0.05) is 24.4 Å². The molecular formula is C9H17N3. The Balaban J connectivity index is 2.41. The molecule has 0 fully saturated rings. The third-order valence-corrected chi connectivity index (χ3v) is 2.39. The Hall–Kier alpha value is -0.830. The molecule has 3 N–H and O–H groups in total. The van der Waals surface area contributed by atoms with Crippen LogP contribution in [0.4, 0.5) is 0 Å². The Kier molecular flexibility index (Phi) is 3.29. The first kappa shape index (κ1) is 9.26. The summed E-state index contributed by atoms with van der Waals surface area (Å²) in [5.41, 5.74) is 7.10. The van der Waals surface area contributed by atoms with Crippen LogP contribution in [0.5, 0.6) is 0 Å². The number of rotatable bonds is 4. The van der Waals surface area contributed by atoms with Crippen LogP contribution >= 0.6 is 0 Å². The van der Waals surface area contributed by atoms with Gasteiger partial charge in [0.05, 0.1) is 6.33 Å². The first-order valence-corrected chi connectivity index (χ1v) is 4.46. The van der Waals surface area contributed by atoms with Crippen molar-refractivity contribution >= 4 is 0 Å². The van der Waals surface area contributed by atoms with E-state index in [0.717, 1.165) is 18.5 Å². The summed E-state index contributed by atoms with van der Waals surface area (Å²) in [7, 11) is 0. The molecule has 3 nitrogen and oxygen atoms in total. The van der Waals surface area contributed by atoms with Gasteiger partial charge in [-0.05, 0) is 5.92 Å². The van der Waals surface area contributed by atoms with Crippen LogP contribution in [-0.2, 0) is 6.42 Å². The van der Waals surface area contributed by atoms with Gasteiger partial charge in [0.1, 0.15) is 0 Å². The van der Waals surface area contributed by atoms with Crippen molar-refractivity contribution in [3.8, 4) is 0 Å². The van der Waals surface area contributed by atoms with Crippen molar-refractivity contribution in [3.05, 3.63) is 18.2 Å². The Morgan fingerprint density at radius 1 is 1.67 bits per heavy atom. The molecule has 1 rings (SSSR count). The van der Waals surface area contributed by atoms with E-state index in [-0.39, 0.29) is 6.04 Å². The van der Waals surface area contributed by atoms with Gasteiger partial charge in [-0.1, -0.05) is 20.3 Å². The summed E-state index contributed by atoms with van der Waals surface area (Å²) < 4.78 is 0. The van der Waals surface area contributed by atoms with Crippen molar-refractivity contribution in [2.75, 3.05) is 0 Å². The predicted molar refractivity (Wildman–Crippen MR) is 49.7 cm³/mol. The van der Waals surface area contributed by atoms with Crippen LogP contribution in [0.2, 0.25) is 0 Å². The molecule has 0 radical (unpaired) electrons. The van der Waals surface area contributed by atoms with E-state index in [4.69, 9.17) is 5.73 Å². The van der Waals surface area contributed by atoms with Crippen molar-refractivity contribution in [3.63, 3.8) is 0 Å². The molecule has 0 aliphatic heterocycles. The molecular weight excluding hydrogens is 150 g/mol. The fourth-order valence-electron chi connectivity index (χ4n) is 1.15. The van der Waals surface area contributed by atoms with E-state index in [1.165, 1.54) is 0 Å². The lowest BCUT2D eigenvalue weighted by Gasteiger charge is -2.16. The van der Waals surface area contributed by atoms with Crippen molar-refractivity contribution < 1.29 is 0 Å². The van der Waals surface area contributed by atoms with E-state index >= 15 is 0 Å². The molecule has 68 valence electrons. The minimum Gasteiger partial charge on any atom is -0.348 e. The highest BCUT2D eigenvalue weighted by Gasteiger charge is 2.11. The normalized spacial score (nSPS) is 15.9. The molecule has 1 aromatic heterocycles. The number of nitrogens with zero attached hydrogens (tertiary/aromatic N) is 1. The van der Waals surface area contributed by atoms with E-state index in [1.54, 1.807) is 6.33 Å². The second-order valence-corrected chi connectivity index (χ2v) is 3.33. The number of aromatic amines is 1. The van der Waals surface area contributed by atoms with Crippen LogP contribution in [0.3, 0.4) is 0 Å². The smallest absolute Gasteiger partial charge is 0.0921 e. The molecule has 1 aromatic rings. The van der Waals surface area contributed by atoms with E-state index in [9.17, 15) is 0 Å². The van der Waals surface area contributed by atoms with Crippen LogP contribution in [0.1, 0.15) is 26.0 Å². The number of hydrogen-bond donors (Lipinski definition) is 2. The van der Waals surface area contributed by atoms with E-state index in [1.807, 2.05) is 6.20 Å². The van der Waals surface area contributed by atoms with Gasteiger partial charge in [-0.15, -0.1) is 0 Å². The predicted octanol–water partition coefficient (Wildman–Crippen LogP) is 1.33. The van der Waals surface area contributed by atoms with Gasteiger partial charge in [-0.2, -0.15) is 0 Å². The summed E-state index contributed by atoms with van der Waals surface area (Å²) in [6.45, 7) is 4.35. The number of nitrogens with two attached hydrogens (primary N) is 1. The van der Waals surface area contributed by atoms with Crippen molar-refractivity contribution in [2.45, 2.75) is 32.7 Å². The molecule has 0 spiro atoms. The van der Waals surface area contributed by atoms with Gasteiger partial charge in [0.15, 0.2) is 0 Å². The molecule has 12 heavy (non-hydrogen) atoms. The van der Waals surface area contributed by atoms with Crippen LogP contribution in [-0.4, -0.2) is 16.0 Å². The Bertz CT molecular complexity index is 206. The number of nitrogens with one attached hydrogen (secondary N) is 1. The quantitative estimate of drug-likeness (QED) is 0.710. The Morgan fingerprint density at radius 3 is 2.92 bits per heavy atom. The molecule has 1 heterocycles. The first-order valence-electron chi connectivity index (χ1n) is 4.46. The monoisotopic (exact) mass is 167 g/mol. The lowest BCUT2D eigenvalue weighted by molar-refractivity contribution is 0.438. The largest absolute Gasteiger partial charge is 0.348 e. The maximum absolute atomic E-state index is 5.97. The zero-order valence-electron chi connectivity index (χ0n) is 7.75. The summed E-state index contributed by atoms with van der Waals surface area (Å²) in [5.74, 6) is 0.577. The third-order valence-electron chi connectivity index (χ3n) is 2.39. The van der Waals surface area contributed by atoms with Gasteiger partial charge < -0.3 is 10.7 Å². The fourth-order valence-corrected chi connectivity index (χ4v) is 1.15. The van der Waals surface area contributed by atoms with Gasteiger partial charge >= 0.3 is 0 Å². The third kappa shape index (κ3) is 2.34. The maximum Gasteiger partial charge on any atom is 0.0921 e. The standard InChI is InChI=1S/C9H17N3/c1-3-7(2)9(10)4-8-5-11-6-12-8/h5-7,9H,3-4,10H2,1-2H3,(H,11,12). The molecule has 2 unspecified atom stereocenters. The highest BCUT2D eigenvalue weighted by molar-refractivity contribution is 4.97. The second-order valence-electron chi connectivity index (χ2n) is 3.33. The summed E-state index contributed by atoms with van der Waals surface area (Å²) in [4.78, 5) is 7.01. The highest BCUT2D eigenvalue weighted by atomic mass is 14.9. The van der Waals surface area contributed by atoms with Gasteiger partial charge in [-0.25, -0.2) is 4.98 Å². The zero-order chi connectivity index (χ0) is 8.97. The molecule has 3 heteroatoms. The topological polar surface area (TPSA) is 54.7 Å². The van der Waals surface area contributed by atoms with Crippen LogP contribution < -0.4 is 5.73 Å². The van der Waals surface area contributed by atoms with Gasteiger partial charge in [0.25, 0.3) is 0 Å². The van der Waals surface area contributed by atoms with E-state index in [2.05, 4.69) is 23.8 Å². The lowest BCUT2D eigenvalue weighted by atomic mass is 9.96. The van der Waals surface area contributed by atoms with Gasteiger partial charge in [-0.3, -0.25) is 0 Å². The molecule has 0 saturated heterocycles.